The van der Waals surface area contributed by atoms with E-state index in [1.165, 1.54) is 5.39 Å². The maximum atomic E-state index is 5.19. The predicted molar refractivity (Wildman–Crippen MR) is 64.7 cm³/mol. The van der Waals surface area contributed by atoms with Crippen LogP contribution in [0.25, 0.3) is 11.0 Å². The third kappa shape index (κ3) is 1.49. The Kier molecular flexibility index (Phi) is 2.26. The van der Waals surface area contributed by atoms with Gasteiger partial charge in [-0.2, -0.15) is 9.12 Å². The molecule has 1 aliphatic heterocycles. The maximum Gasteiger partial charge on any atom is 0.180 e. The van der Waals surface area contributed by atoms with Crippen molar-refractivity contribution in [3.8, 4) is 0 Å². The molecule has 15 heavy (non-hydrogen) atoms. The zero-order valence-electron chi connectivity index (χ0n) is 8.26. The van der Waals surface area contributed by atoms with Gasteiger partial charge in [0.15, 0.2) is 7.00 Å². The molecule has 0 saturated carbocycles. The quantitative estimate of drug-likeness (QED) is 0.547. The lowest BCUT2D eigenvalue weighted by Crippen LogP contribution is -2.30. The molecule has 0 aliphatic carbocycles. The highest BCUT2D eigenvalue weighted by Gasteiger charge is 2.21. The molecule has 3 heterocycles. The van der Waals surface area contributed by atoms with E-state index in [0.717, 1.165) is 24.3 Å². The summed E-state index contributed by atoms with van der Waals surface area (Å²) >= 11 is 0. The van der Waals surface area contributed by atoms with E-state index in [1.807, 2.05) is 13.2 Å². The third-order valence-corrected chi connectivity index (χ3v) is 3.17. The lowest BCUT2D eigenvalue weighted by Gasteiger charge is -2.27. The first-order valence-corrected chi connectivity index (χ1v) is 5.64. The molecule has 1 aliphatic rings. The van der Waals surface area contributed by atoms with Crippen molar-refractivity contribution in [3.63, 3.8) is 0 Å². The zero-order valence-corrected chi connectivity index (χ0v) is 9.41. The number of nitrogens with zero attached hydrogens (tertiary/aromatic N) is 2. The molecule has 2 aromatic rings. The molecule has 0 aromatic carbocycles. The normalized spacial score (nSPS) is 16.6. The van der Waals surface area contributed by atoms with Crippen LogP contribution in [0, 0.1) is 0 Å². The van der Waals surface area contributed by atoms with Crippen molar-refractivity contribution in [1.29, 1.82) is 0 Å². The van der Waals surface area contributed by atoms with Gasteiger partial charge in [0, 0.05) is 17.8 Å². The van der Waals surface area contributed by atoms with Gasteiger partial charge in [-0.05, 0) is 6.07 Å². The average Bonchev–Trinajstić information content (AvgIpc) is 2.59. The van der Waals surface area contributed by atoms with Crippen LogP contribution >= 0.6 is 9.12 Å². The van der Waals surface area contributed by atoms with Crippen molar-refractivity contribution < 1.29 is 4.74 Å². The summed E-state index contributed by atoms with van der Waals surface area (Å²) < 4.78 is 7.39. The number of hydrogen-bond donors (Lipinski definition) is 0. The molecule has 1 unspecified atom stereocenters. The SMILES string of the molecule is P[B]c1cnc2c(ccn2C2COC2)c1. The Morgan fingerprint density at radius 2 is 2.40 bits per heavy atom. The van der Waals surface area contributed by atoms with Crippen LogP contribution < -0.4 is 5.46 Å². The summed E-state index contributed by atoms with van der Waals surface area (Å²) in [4.78, 5) is 4.48. The van der Waals surface area contributed by atoms with E-state index >= 15 is 0 Å². The molecule has 0 N–H and O–H groups in total. The van der Waals surface area contributed by atoms with Crippen molar-refractivity contribution in [2.45, 2.75) is 6.04 Å². The van der Waals surface area contributed by atoms with E-state index in [-0.39, 0.29) is 0 Å². The highest BCUT2D eigenvalue weighted by molar-refractivity contribution is 7.58. The van der Waals surface area contributed by atoms with Crippen molar-refractivity contribution >= 4 is 32.6 Å². The molecule has 1 atom stereocenters. The molecule has 1 saturated heterocycles. The summed E-state index contributed by atoms with van der Waals surface area (Å²) in [5.74, 6) is 0. The molecule has 1 radical (unpaired) electrons. The van der Waals surface area contributed by atoms with E-state index in [1.54, 1.807) is 0 Å². The molecular formula is C10H11BN2OP. The van der Waals surface area contributed by atoms with Crippen LogP contribution in [0.2, 0.25) is 0 Å². The standard InChI is InChI=1S/C10H11BN2OP/c15-11-8-3-7-1-2-13(9-5-14-6-9)10(7)12-4-8/h1-4,9H,5-6,15H2. The molecule has 0 bridgehead atoms. The van der Waals surface area contributed by atoms with E-state index in [2.05, 4.69) is 37.0 Å². The molecule has 0 amide bonds. The molecule has 0 spiro atoms. The molecule has 75 valence electrons. The average molecular weight is 217 g/mol. The van der Waals surface area contributed by atoms with Crippen LogP contribution in [-0.2, 0) is 4.74 Å². The van der Waals surface area contributed by atoms with E-state index in [9.17, 15) is 0 Å². The second-order valence-corrected chi connectivity index (χ2v) is 4.10. The molecule has 2 aromatic heterocycles. The van der Waals surface area contributed by atoms with Crippen LogP contribution in [-0.4, -0.2) is 29.8 Å². The second-order valence-electron chi connectivity index (χ2n) is 3.76. The van der Waals surface area contributed by atoms with Crippen LogP contribution in [0.1, 0.15) is 6.04 Å². The van der Waals surface area contributed by atoms with Gasteiger partial charge in [0.1, 0.15) is 5.65 Å². The molecule has 5 heteroatoms. The summed E-state index contributed by atoms with van der Waals surface area (Å²) in [5.41, 5.74) is 2.19. The molecule has 3 nitrogen and oxygen atoms in total. The number of ether oxygens (including phenoxy) is 1. The Labute approximate surface area is 91.2 Å². The summed E-state index contributed by atoms with van der Waals surface area (Å²) in [6, 6.07) is 4.73. The van der Waals surface area contributed by atoms with Gasteiger partial charge in [-0.1, -0.05) is 11.5 Å². The lowest BCUT2D eigenvalue weighted by molar-refractivity contribution is -0.0216. The monoisotopic (exact) mass is 217 g/mol. The summed E-state index contributed by atoms with van der Waals surface area (Å²) in [6.07, 6.45) is 3.99. The number of hydrogen-bond acceptors (Lipinski definition) is 2. The van der Waals surface area contributed by atoms with Gasteiger partial charge in [-0.15, -0.1) is 0 Å². The first-order chi connectivity index (χ1) is 7.38. The first kappa shape index (κ1) is 9.38. The summed E-state index contributed by atoms with van der Waals surface area (Å²) in [6.45, 7) is 3.60. The molecule has 3 rings (SSSR count). The Bertz CT molecular complexity index is 495. The van der Waals surface area contributed by atoms with Gasteiger partial charge in [0.05, 0.1) is 19.3 Å². The van der Waals surface area contributed by atoms with Gasteiger partial charge in [0.25, 0.3) is 0 Å². The van der Waals surface area contributed by atoms with Crippen LogP contribution in [0.5, 0.6) is 0 Å². The number of aromatic nitrogens is 2. The number of rotatable bonds is 2. The summed E-state index contributed by atoms with van der Waals surface area (Å²) in [7, 11) is 2.60. The Hall–Kier alpha value is -0.855. The van der Waals surface area contributed by atoms with Gasteiger partial charge in [-0.25, -0.2) is 4.98 Å². The highest BCUT2D eigenvalue weighted by atomic mass is 31.0. The van der Waals surface area contributed by atoms with E-state index < -0.39 is 0 Å². The van der Waals surface area contributed by atoms with Crippen molar-refractivity contribution in [3.05, 3.63) is 24.5 Å². The maximum absolute atomic E-state index is 5.19. The fourth-order valence-corrected chi connectivity index (χ4v) is 2.01. The van der Waals surface area contributed by atoms with Gasteiger partial charge >= 0.3 is 0 Å². The third-order valence-electron chi connectivity index (χ3n) is 2.78. The fraction of sp³-hybridized carbons (Fsp3) is 0.300. The predicted octanol–water partition coefficient (Wildman–Crippen LogP) is 0.727. The second kappa shape index (κ2) is 3.62. The van der Waals surface area contributed by atoms with Gasteiger partial charge in [-0.3, -0.25) is 0 Å². The minimum absolute atomic E-state index is 0.473. The Morgan fingerprint density at radius 1 is 1.53 bits per heavy atom. The highest BCUT2D eigenvalue weighted by Crippen LogP contribution is 2.22. The Balaban J connectivity index is 2.09. The lowest BCUT2D eigenvalue weighted by atomic mass is 9.96. The van der Waals surface area contributed by atoms with Crippen LogP contribution in [0.3, 0.4) is 0 Å². The van der Waals surface area contributed by atoms with Crippen molar-refractivity contribution in [2.24, 2.45) is 0 Å². The van der Waals surface area contributed by atoms with E-state index in [4.69, 9.17) is 4.74 Å². The Morgan fingerprint density at radius 3 is 3.07 bits per heavy atom. The van der Waals surface area contributed by atoms with Crippen LogP contribution in [0.15, 0.2) is 24.5 Å². The van der Waals surface area contributed by atoms with Crippen molar-refractivity contribution in [2.75, 3.05) is 13.2 Å². The van der Waals surface area contributed by atoms with E-state index in [0.29, 0.717) is 6.04 Å². The van der Waals surface area contributed by atoms with Crippen LogP contribution in [0.4, 0.5) is 0 Å². The topological polar surface area (TPSA) is 27.1 Å². The zero-order chi connectivity index (χ0) is 10.3. The minimum Gasteiger partial charge on any atom is -0.377 e. The fourth-order valence-electron chi connectivity index (χ4n) is 1.83. The minimum atomic E-state index is 0.473. The number of pyridine rings is 1. The van der Waals surface area contributed by atoms with Gasteiger partial charge < -0.3 is 9.30 Å². The summed E-state index contributed by atoms with van der Waals surface area (Å²) in [5, 5.41) is 1.19. The first-order valence-electron chi connectivity index (χ1n) is 4.98. The van der Waals surface area contributed by atoms with Gasteiger partial charge in [0.2, 0.25) is 0 Å². The largest absolute Gasteiger partial charge is 0.377 e. The smallest absolute Gasteiger partial charge is 0.180 e. The number of fused-ring (bicyclic) bond motifs is 1. The molecular weight excluding hydrogens is 206 g/mol. The van der Waals surface area contributed by atoms with Crippen molar-refractivity contribution in [1.82, 2.24) is 9.55 Å². The molecule has 1 fully saturated rings.